The number of hydrogen-bond donors (Lipinski definition) is 4. The third-order valence-electron chi connectivity index (χ3n) is 6.97. The third-order valence-corrected chi connectivity index (χ3v) is 6.97. The molecule has 0 amide bonds. The molecule has 0 spiro atoms. The van der Waals surface area contributed by atoms with Crippen LogP contribution in [0.3, 0.4) is 0 Å². The molecule has 0 radical (unpaired) electrons. The molecule has 7 nitrogen and oxygen atoms in total. The molecule has 190 valence electrons. The second-order valence-electron chi connectivity index (χ2n) is 10.1. The van der Waals surface area contributed by atoms with Crippen molar-refractivity contribution < 1.29 is 9.90 Å². The monoisotopic (exact) mass is 479 g/mol. The summed E-state index contributed by atoms with van der Waals surface area (Å²) in [6, 6.07) is 10.4. The Morgan fingerprint density at radius 1 is 1.37 bits per heavy atom. The van der Waals surface area contributed by atoms with Gasteiger partial charge < -0.3 is 21.6 Å². The van der Waals surface area contributed by atoms with Crippen molar-refractivity contribution in [2.75, 3.05) is 18.5 Å². The van der Waals surface area contributed by atoms with Gasteiger partial charge >= 0.3 is 5.97 Å². The van der Waals surface area contributed by atoms with Gasteiger partial charge in [-0.15, -0.1) is 0 Å². The Kier molecular flexibility index (Phi) is 9.15. The fourth-order valence-corrected chi connectivity index (χ4v) is 4.63. The van der Waals surface area contributed by atoms with Gasteiger partial charge in [-0.3, -0.25) is 9.78 Å². The van der Waals surface area contributed by atoms with Crippen molar-refractivity contribution in [2.45, 2.75) is 72.3 Å². The number of nitrogens with zero attached hydrogens (tertiary/aromatic N) is 2. The summed E-state index contributed by atoms with van der Waals surface area (Å²) < 4.78 is 0. The first-order valence-electron chi connectivity index (χ1n) is 12.7. The van der Waals surface area contributed by atoms with E-state index in [9.17, 15) is 9.90 Å². The van der Waals surface area contributed by atoms with E-state index in [4.69, 9.17) is 5.73 Å². The van der Waals surface area contributed by atoms with Crippen LogP contribution < -0.4 is 16.5 Å². The first-order chi connectivity index (χ1) is 16.7. The quantitative estimate of drug-likeness (QED) is 0.339. The van der Waals surface area contributed by atoms with Gasteiger partial charge in [-0.05, 0) is 87.6 Å². The number of carbonyl (C=O) groups is 1. The second-order valence-corrected chi connectivity index (χ2v) is 10.1. The van der Waals surface area contributed by atoms with E-state index in [1.54, 1.807) is 0 Å². The van der Waals surface area contributed by atoms with Crippen molar-refractivity contribution in [3.63, 3.8) is 0 Å². The number of hydrazine groups is 1. The second kappa shape index (κ2) is 12.1. The van der Waals surface area contributed by atoms with Gasteiger partial charge in [0, 0.05) is 37.7 Å². The molecular weight excluding hydrogens is 438 g/mol. The highest BCUT2D eigenvalue weighted by atomic mass is 16.4. The molecule has 5 N–H and O–H groups in total. The van der Waals surface area contributed by atoms with E-state index < -0.39 is 11.4 Å². The van der Waals surface area contributed by atoms with Crippen molar-refractivity contribution in [3.05, 3.63) is 70.8 Å². The topological polar surface area (TPSA) is 104 Å². The van der Waals surface area contributed by atoms with Crippen LogP contribution in [0.4, 0.5) is 5.69 Å². The maximum Gasteiger partial charge on any atom is 0.309 e. The van der Waals surface area contributed by atoms with Crippen molar-refractivity contribution >= 4 is 11.7 Å². The highest BCUT2D eigenvalue weighted by molar-refractivity contribution is 5.75. The van der Waals surface area contributed by atoms with E-state index in [1.807, 2.05) is 32.3 Å². The summed E-state index contributed by atoms with van der Waals surface area (Å²) in [7, 11) is 0. The van der Waals surface area contributed by atoms with Crippen molar-refractivity contribution in [1.29, 1.82) is 0 Å². The van der Waals surface area contributed by atoms with Crippen molar-refractivity contribution in [2.24, 2.45) is 11.1 Å². The van der Waals surface area contributed by atoms with E-state index >= 15 is 0 Å². The Balaban J connectivity index is 1.82. The fraction of sp³-hybridized carbons (Fsp3) is 0.500. The minimum absolute atomic E-state index is 0.167. The zero-order chi connectivity index (χ0) is 25.4. The largest absolute Gasteiger partial charge is 0.481 e. The van der Waals surface area contributed by atoms with Crippen LogP contribution in [-0.2, 0) is 17.8 Å². The number of aliphatic carboxylic acids is 1. The molecule has 2 aromatic rings. The molecule has 3 rings (SSSR count). The number of pyridine rings is 1. The molecular formula is C28H41N5O2. The number of carboxylic acid groups (broad SMARTS) is 1. The Morgan fingerprint density at radius 3 is 2.91 bits per heavy atom. The molecule has 0 fully saturated rings. The Labute approximate surface area is 209 Å². The van der Waals surface area contributed by atoms with Gasteiger partial charge in [0.15, 0.2) is 0 Å². The van der Waals surface area contributed by atoms with E-state index in [2.05, 4.69) is 58.8 Å². The number of aryl methyl sites for hydroxylation is 2. The number of aromatic nitrogens is 1. The number of anilines is 1. The molecule has 35 heavy (non-hydrogen) atoms. The van der Waals surface area contributed by atoms with Crippen LogP contribution in [0.15, 0.2) is 48.4 Å². The molecule has 1 aromatic carbocycles. The Morgan fingerprint density at radius 2 is 2.17 bits per heavy atom. The molecule has 0 saturated carbocycles. The summed E-state index contributed by atoms with van der Waals surface area (Å²) in [6.07, 6.45) is 8.01. The number of benzene rings is 1. The van der Waals surface area contributed by atoms with E-state index in [-0.39, 0.29) is 5.92 Å². The van der Waals surface area contributed by atoms with E-state index in [1.165, 1.54) is 11.1 Å². The van der Waals surface area contributed by atoms with Gasteiger partial charge in [0.25, 0.3) is 0 Å². The third kappa shape index (κ3) is 6.98. The summed E-state index contributed by atoms with van der Waals surface area (Å²) in [5.41, 5.74) is 15.2. The zero-order valence-electron chi connectivity index (χ0n) is 21.6. The van der Waals surface area contributed by atoms with Gasteiger partial charge in [0.05, 0.1) is 16.8 Å². The average molecular weight is 480 g/mol. The molecule has 1 aliphatic heterocycles. The number of hydrogen-bond acceptors (Lipinski definition) is 6. The molecule has 1 aliphatic rings. The standard InChI is InChI=1S/C28H41N5O2/c1-5-14-30-18-23(29)12-13-24(28(3,4)27(34)35)21-11-10-20(2)22(17-21)19-33-16-7-9-25-26(32-33)8-6-15-31-25/h6,8,10-11,15,17-18,24,30,32H,5,7,9,12-14,16,19,29H2,1-4H3,(H,34,35)/b23-18-/t24-/m1/s1. The van der Waals surface area contributed by atoms with Crippen LogP contribution >= 0.6 is 0 Å². The number of fused-ring (bicyclic) bond motifs is 1. The van der Waals surface area contributed by atoms with Crippen LogP contribution in [0.1, 0.15) is 74.8 Å². The Hall–Kier alpha value is -3.06. The van der Waals surface area contributed by atoms with E-state index in [0.29, 0.717) is 12.8 Å². The first kappa shape index (κ1) is 26.5. The number of rotatable bonds is 11. The lowest BCUT2D eigenvalue weighted by atomic mass is 9.72. The summed E-state index contributed by atoms with van der Waals surface area (Å²) in [6.45, 7) is 10.4. The van der Waals surface area contributed by atoms with Crippen LogP contribution in [0, 0.1) is 12.3 Å². The van der Waals surface area contributed by atoms with Crippen LogP contribution in [0.5, 0.6) is 0 Å². The highest BCUT2D eigenvalue weighted by Crippen LogP contribution is 2.40. The summed E-state index contributed by atoms with van der Waals surface area (Å²) in [5, 5.41) is 15.5. The van der Waals surface area contributed by atoms with Gasteiger partial charge in [-0.25, -0.2) is 5.01 Å². The maximum atomic E-state index is 12.2. The molecule has 0 saturated heterocycles. The minimum atomic E-state index is -0.922. The summed E-state index contributed by atoms with van der Waals surface area (Å²) in [4.78, 5) is 16.7. The smallest absolute Gasteiger partial charge is 0.309 e. The lowest BCUT2D eigenvalue weighted by molar-refractivity contribution is -0.148. The highest BCUT2D eigenvalue weighted by Gasteiger charge is 2.37. The van der Waals surface area contributed by atoms with Crippen molar-refractivity contribution in [3.8, 4) is 0 Å². The number of nitrogens with one attached hydrogen (secondary N) is 2. The molecule has 1 atom stereocenters. The Bertz CT molecular complexity index is 1030. The number of carboxylic acids is 1. The summed E-state index contributed by atoms with van der Waals surface area (Å²) in [5.74, 6) is -0.964. The van der Waals surface area contributed by atoms with Crippen LogP contribution in [-0.4, -0.2) is 34.2 Å². The lowest BCUT2D eigenvalue weighted by Crippen LogP contribution is -2.32. The number of nitrogens with two attached hydrogens (primary N) is 1. The minimum Gasteiger partial charge on any atom is -0.481 e. The normalized spacial score (nSPS) is 15.6. The van der Waals surface area contributed by atoms with Gasteiger partial charge in [0.1, 0.15) is 0 Å². The average Bonchev–Trinajstić information content (AvgIpc) is 3.02. The first-order valence-corrected chi connectivity index (χ1v) is 12.7. The zero-order valence-corrected chi connectivity index (χ0v) is 21.6. The predicted molar refractivity (Wildman–Crippen MR) is 142 cm³/mol. The fourth-order valence-electron chi connectivity index (χ4n) is 4.63. The SMILES string of the molecule is CCCN/C=C(\N)CC[C@H](c1ccc(C)c(CN2CCCc3ncccc3N2)c1)C(C)(C)C(=O)O. The predicted octanol–water partition coefficient (Wildman–Crippen LogP) is 4.94. The van der Waals surface area contributed by atoms with Crippen LogP contribution in [0.2, 0.25) is 0 Å². The van der Waals surface area contributed by atoms with Gasteiger partial charge in [-0.1, -0.05) is 25.1 Å². The van der Waals surface area contributed by atoms with Gasteiger partial charge in [-0.2, -0.15) is 0 Å². The summed E-state index contributed by atoms with van der Waals surface area (Å²) >= 11 is 0. The molecule has 7 heteroatoms. The molecule has 0 bridgehead atoms. The van der Waals surface area contributed by atoms with Crippen LogP contribution in [0.25, 0.3) is 0 Å². The molecule has 2 heterocycles. The lowest BCUT2D eigenvalue weighted by Gasteiger charge is -2.32. The van der Waals surface area contributed by atoms with Crippen molar-refractivity contribution in [1.82, 2.24) is 15.3 Å². The molecule has 0 unspecified atom stereocenters. The van der Waals surface area contributed by atoms with Gasteiger partial charge in [0.2, 0.25) is 0 Å². The number of allylic oxidation sites excluding steroid dienone is 1. The molecule has 0 aliphatic carbocycles. The van der Waals surface area contributed by atoms with E-state index in [0.717, 1.165) is 61.5 Å². The maximum absolute atomic E-state index is 12.2. The molecule has 1 aromatic heterocycles.